The van der Waals surface area contributed by atoms with Crippen molar-refractivity contribution in [3.8, 4) is 0 Å². The summed E-state index contributed by atoms with van der Waals surface area (Å²) in [6, 6.07) is 8.58. The van der Waals surface area contributed by atoms with E-state index >= 15 is 0 Å². The van der Waals surface area contributed by atoms with Gasteiger partial charge in [0.2, 0.25) is 0 Å². The molecule has 1 saturated carbocycles. The Hall–Kier alpha value is -1.80. The van der Waals surface area contributed by atoms with Gasteiger partial charge < -0.3 is 20.3 Å². The van der Waals surface area contributed by atoms with Crippen LogP contribution in [0.4, 0.5) is 13.2 Å². The number of aliphatic imine (C=N–C) groups is 1. The number of alkyl halides is 3. The molecule has 31 heavy (non-hydrogen) atoms. The van der Waals surface area contributed by atoms with Crippen LogP contribution in [-0.2, 0) is 17.9 Å². The predicted molar refractivity (Wildman–Crippen MR) is 117 cm³/mol. The van der Waals surface area contributed by atoms with E-state index in [0.29, 0.717) is 18.2 Å². The predicted octanol–water partition coefficient (Wildman–Crippen LogP) is 4.23. The zero-order chi connectivity index (χ0) is 22.1. The van der Waals surface area contributed by atoms with Crippen LogP contribution in [0.3, 0.4) is 0 Å². The van der Waals surface area contributed by atoms with Gasteiger partial charge in [0.25, 0.3) is 0 Å². The SMILES string of the molecule is CCNC(=NCc1cccc(COCC(F)(F)F)c1)NC1CCN(C2CCCC2)CC1. The molecule has 0 unspecified atom stereocenters. The van der Waals surface area contributed by atoms with E-state index in [1.54, 1.807) is 6.07 Å². The quantitative estimate of drug-likeness (QED) is 0.469. The second kappa shape index (κ2) is 11.7. The van der Waals surface area contributed by atoms with Crippen LogP contribution in [0.5, 0.6) is 0 Å². The van der Waals surface area contributed by atoms with Crippen molar-refractivity contribution in [1.29, 1.82) is 0 Å². The Kier molecular flexibility index (Phi) is 9.02. The van der Waals surface area contributed by atoms with Gasteiger partial charge >= 0.3 is 6.18 Å². The molecule has 174 valence electrons. The van der Waals surface area contributed by atoms with E-state index in [0.717, 1.165) is 50.0 Å². The topological polar surface area (TPSA) is 48.9 Å². The third kappa shape index (κ3) is 8.33. The third-order valence-corrected chi connectivity index (χ3v) is 6.00. The number of ether oxygens (including phenoxy) is 1. The Labute approximate surface area is 183 Å². The van der Waals surface area contributed by atoms with Crippen molar-refractivity contribution in [1.82, 2.24) is 15.5 Å². The first-order valence-corrected chi connectivity index (χ1v) is 11.4. The van der Waals surface area contributed by atoms with Crippen LogP contribution in [0.2, 0.25) is 0 Å². The fraction of sp³-hybridized carbons (Fsp3) is 0.696. The molecule has 2 aliphatic rings. The zero-order valence-corrected chi connectivity index (χ0v) is 18.4. The van der Waals surface area contributed by atoms with Crippen molar-refractivity contribution in [2.75, 3.05) is 26.2 Å². The largest absolute Gasteiger partial charge is 0.411 e. The lowest BCUT2D eigenvalue weighted by molar-refractivity contribution is -0.176. The molecule has 1 aromatic carbocycles. The molecule has 0 radical (unpaired) electrons. The Morgan fingerprint density at radius 2 is 1.84 bits per heavy atom. The van der Waals surface area contributed by atoms with Crippen LogP contribution in [-0.4, -0.2) is 55.4 Å². The molecule has 1 aliphatic heterocycles. The molecule has 2 fully saturated rings. The van der Waals surface area contributed by atoms with E-state index in [9.17, 15) is 13.2 Å². The molecule has 3 rings (SSSR count). The van der Waals surface area contributed by atoms with E-state index < -0.39 is 12.8 Å². The zero-order valence-electron chi connectivity index (χ0n) is 18.4. The molecule has 1 aliphatic carbocycles. The standard InChI is InChI=1S/C23H35F3N4O/c1-2-27-22(29-20-10-12-30(13-11-20)21-8-3-4-9-21)28-15-18-6-5-7-19(14-18)16-31-17-23(24,25)26/h5-7,14,20-21H,2-4,8-13,15-17H2,1H3,(H2,27,28,29). The highest BCUT2D eigenvalue weighted by Crippen LogP contribution is 2.26. The van der Waals surface area contributed by atoms with Gasteiger partial charge in [-0.2, -0.15) is 13.2 Å². The van der Waals surface area contributed by atoms with Crippen molar-refractivity contribution in [3.05, 3.63) is 35.4 Å². The lowest BCUT2D eigenvalue weighted by Crippen LogP contribution is -2.50. The van der Waals surface area contributed by atoms with E-state index in [1.807, 2.05) is 25.1 Å². The molecule has 0 bridgehead atoms. The Morgan fingerprint density at radius 3 is 2.52 bits per heavy atom. The molecular formula is C23H35F3N4O. The van der Waals surface area contributed by atoms with E-state index in [-0.39, 0.29) is 6.61 Å². The van der Waals surface area contributed by atoms with Gasteiger partial charge in [-0.15, -0.1) is 0 Å². The summed E-state index contributed by atoms with van der Waals surface area (Å²) in [5.74, 6) is 0.792. The number of piperidine rings is 1. The van der Waals surface area contributed by atoms with Crippen LogP contribution < -0.4 is 10.6 Å². The third-order valence-electron chi connectivity index (χ3n) is 6.00. The average Bonchev–Trinajstić information content (AvgIpc) is 3.27. The minimum absolute atomic E-state index is 0.0606. The summed E-state index contributed by atoms with van der Waals surface area (Å²) in [7, 11) is 0. The highest BCUT2D eigenvalue weighted by Gasteiger charge is 2.28. The number of nitrogens with one attached hydrogen (secondary N) is 2. The van der Waals surface area contributed by atoms with Crippen molar-refractivity contribution >= 4 is 5.96 Å². The van der Waals surface area contributed by atoms with Gasteiger partial charge in [0.1, 0.15) is 6.61 Å². The Bertz CT molecular complexity index is 696. The minimum atomic E-state index is -4.30. The van der Waals surface area contributed by atoms with Crippen LogP contribution in [0.25, 0.3) is 0 Å². The second-order valence-corrected chi connectivity index (χ2v) is 8.52. The highest BCUT2D eigenvalue weighted by molar-refractivity contribution is 5.80. The first-order valence-electron chi connectivity index (χ1n) is 11.4. The monoisotopic (exact) mass is 440 g/mol. The van der Waals surface area contributed by atoms with Gasteiger partial charge in [0.15, 0.2) is 5.96 Å². The lowest BCUT2D eigenvalue weighted by atomic mass is 10.0. The van der Waals surface area contributed by atoms with Gasteiger partial charge in [-0.25, -0.2) is 4.99 Å². The number of benzene rings is 1. The maximum Gasteiger partial charge on any atom is 0.411 e. The fourth-order valence-electron chi connectivity index (χ4n) is 4.46. The maximum atomic E-state index is 12.3. The van der Waals surface area contributed by atoms with Gasteiger partial charge in [0, 0.05) is 31.7 Å². The highest BCUT2D eigenvalue weighted by atomic mass is 19.4. The second-order valence-electron chi connectivity index (χ2n) is 8.52. The molecule has 2 N–H and O–H groups in total. The number of hydrogen-bond donors (Lipinski definition) is 2. The van der Waals surface area contributed by atoms with E-state index in [2.05, 4.69) is 15.5 Å². The first kappa shape index (κ1) is 23.9. The van der Waals surface area contributed by atoms with Gasteiger partial charge in [-0.3, -0.25) is 0 Å². The average molecular weight is 441 g/mol. The minimum Gasteiger partial charge on any atom is -0.367 e. The summed E-state index contributed by atoms with van der Waals surface area (Å²) < 4.78 is 41.5. The van der Waals surface area contributed by atoms with Gasteiger partial charge in [-0.05, 0) is 43.7 Å². The Balaban J connectivity index is 1.48. The lowest BCUT2D eigenvalue weighted by Gasteiger charge is -2.36. The van der Waals surface area contributed by atoms with Crippen LogP contribution >= 0.6 is 0 Å². The van der Waals surface area contributed by atoms with Crippen molar-refractivity contribution < 1.29 is 17.9 Å². The normalized spacial score (nSPS) is 19.7. The van der Waals surface area contributed by atoms with Gasteiger partial charge in [-0.1, -0.05) is 37.1 Å². The summed E-state index contributed by atoms with van der Waals surface area (Å²) in [6.45, 7) is 4.27. The summed E-state index contributed by atoms with van der Waals surface area (Å²) in [5, 5.41) is 6.87. The summed E-state index contributed by atoms with van der Waals surface area (Å²) >= 11 is 0. The van der Waals surface area contributed by atoms with Crippen LogP contribution in [0.15, 0.2) is 29.3 Å². The molecule has 1 heterocycles. The molecule has 0 atom stereocenters. The molecule has 8 heteroatoms. The number of hydrogen-bond acceptors (Lipinski definition) is 3. The van der Waals surface area contributed by atoms with Crippen LogP contribution in [0.1, 0.15) is 56.6 Å². The van der Waals surface area contributed by atoms with Gasteiger partial charge in [0.05, 0.1) is 13.2 Å². The molecule has 1 saturated heterocycles. The summed E-state index contributed by atoms with van der Waals surface area (Å²) in [6.07, 6.45) is 3.37. The number of guanidine groups is 1. The summed E-state index contributed by atoms with van der Waals surface area (Å²) in [5.41, 5.74) is 1.66. The number of nitrogens with zero attached hydrogens (tertiary/aromatic N) is 2. The maximum absolute atomic E-state index is 12.3. The number of rotatable bonds is 8. The Morgan fingerprint density at radius 1 is 1.13 bits per heavy atom. The first-order chi connectivity index (χ1) is 14.9. The molecule has 1 aromatic rings. The van der Waals surface area contributed by atoms with Crippen molar-refractivity contribution in [2.45, 2.75) is 76.9 Å². The van der Waals surface area contributed by atoms with E-state index in [1.165, 1.54) is 25.7 Å². The van der Waals surface area contributed by atoms with Crippen molar-refractivity contribution in [3.63, 3.8) is 0 Å². The fourth-order valence-corrected chi connectivity index (χ4v) is 4.46. The molecule has 0 spiro atoms. The molecular weight excluding hydrogens is 405 g/mol. The van der Waals surface area contributed by atoms with E-state index in [4.69, 9.17) is 9.73 Å². The molecule has 0 amide bonds. The van der Waals surface area contributed by atoms with Crippen molar-refractivity contribution in [2.24, 2.45) is 4.99 Å². The number of halogens is 3. The molecule has 0 aromatic heterocycles. The smallest absolute Gasteiger partial charge is 0.367 e. The molecule has 5 nitrogen and oxygen atoms in total. The number of likely N-dealkylation sites (tertiary alicyclic amines) is 1. The summed E-state index contributed by atoms with van der Waals surface area (Å²) in [4.78, 5) is 7.35. The van der Waals surface area contributed by atoms with Crippen LogP contribution in [0, 0.1) is 0 Å².